The van der Waals surface area contributed by atoms with E-state index >= 15 is 0 Å². The minimum atomic E-state index is -0.749. The lowest BCUT2D eigenvalue weighted by atomic mass is 9.94. The molecule has 0 spiro atoms. The van der Waals surface area contributed by atoms with E-state index in [1.807, 2.05) is 30.3 Å². The van der Waals surface area contributed by atoms with Gasteiger partial charge in [-0.2, -0.15) is 0 Å². The number of rotatable bonds is 6. The van der Waals surface area contributed by atoms with E-state index in [1.165, 1.54) is 0 Å². The Morgan fingerprint density at radius 1 is 1.33 bits per heavy atom. The van der Waals surface area contributed by atoms with Crippen molar-refractivity contribution in [2.75, 3.05) is 6.61 Å². The number of para-hydroxylation sites is 1. The van der Waals surface area contributed by atoms with Crippen LogP contribution in [0.3, 0.4) is 0 Å². The number of hydrogen-bond donors (Lipinski definition) is 0. The molecular formula is C16H14Cl2O3. The van der Waals surface area contributed by atoms with Gasteiger partial charge in [0.25, 0.3) is 0 Å². The third-order valence-electron chi connectivity index (χ3n) is 3.10. The van der Waals surface area contributed by atoms with Crippen molar-refractivity contribution in [3.05, 3.63) is 53.1 Å². The Morgan fingerprint density at radius 3 is 2.67 bits per heavy atom. The summed E-state index contributed by atoms with van der Waals surface area (Å²) in [5.41, 5.74) is 0.629. The number of ketones is 1. The second kappa shape index (κ2) is 6.92. The van der Waals surface area contributed by atoms with Gasteiger partial charge in [-0.15, -0.1) is 11.6 Å². The fourth-order valence-electron chi connectivity index (χ4n) is 1.97. The highest BCUT2D eigenvalue weighted by Crippen LogP contribution is 2.36. The Kier molecular flexibility index (Phi) is 5.21. The number of ether oxygens (including phenoxy) is 1. The maximum Gasteiger partial charge on any atom is 0.199 e. The Balaban J connectivity index is 1.99. The van der Waals surface area contributed by atoms with Gasteiger partial charge in [-0.25, -0.2) is 0 Å². The molecule has 1 unspecified atom stereocenters. The van der Waals surface area contributed by atoms with Crippen LogP contribution < -0.4 is 4.74 Å². The Morgan fingerprint density at radius 2 is 2.05 bits per heavy atom. The summed E-state index contributed by atoms with van der Waals surface area (Å²) in [6.07, 6.45) is 4.11. The SMILES string of the molecule is O=CC(=O)CC1=C(Cl)CC(Cl)(COc2ccccc2)C=C1. The molecule has 0 saturated carbocycles. The maximum absolute atomic E-state index is 11.1. The van der Waals surface area contributed by atoms with Crippen LogP contribution in [0.2, 0.25) is 0 Å². The van der Waals surface area contributed by atoms with Crippen molar-refractivity contribution in [2.45, 2.75) is 17.7 Å². The van der Waals surface area contributed by atoms with Crippen LogP contribution in [0, 0.1) is 0 Å². The molecule has 0 N–H and O–H groups in total. The summed E-state index contributed by atoms with van der Waals surface area (Å²) in [6.45, 7) is 0.264. The molecule has 1 aromatic carbocycles. The zero-order chi connectivity index (χ0) is 15.3. The van der Waals surface area contributed by atoms with Crippen LogP contribution in [-0.2, 0) is 9.59 Å². The maximum atomic E-state index is 11.1. The van der Waals surface area contributed by atoms with E-state index < -0.39 is 10.7 Å². The average molecular weight is 325 g/mol. The Labute approximate surface area is 133 Å². The van der Waals surface area contributed by atoms with Crippen LogP contribution in [0.4, 0.5) is 0 Å². The van der Waals surface area contributed by atoms with Gasteiger partial charge in [-0.05, 0) is 17.7 Å². The smallest absolute Gasteiger partial charge is 0.199 e. The van der Waals surface area contributed by atoms with Crippen molar-refractivity contribution in [1.82, 2.24) is 0 Å². The number of alkyl halides is 1. The molecule has 1 aliphatic carbocycles. The number of carbonyl (C=O) groups excluding carboxylic acids is 2. The number of Topliss-reactive ketones (excluding diaryl/α,β-unsaturated/α-hetero) is 1. The second-order valence-electron chi connectivity index (χ2n) is 4.84. The standard InChI is InChI=1S/C16H14Cl2O3/c17-15-9-16(18,7-6-12(15)8-13(20)10-19)11-21-14-4-2-1-3-5-14/h1-7,10H,8-9,11H2. The van der Waals surface area contributed by atoms with E-state index in [2.05, 4.69) is 0 Å². The summed E-state index contributed by atoms with van der Waals surface area (Å²) < 4.78 is 5.65. The van der Waals surface area contributed by atoms with Crippen LogP contribution in [-0.4, -0.2) is 23.6 Å². The first-order valence-corrected chi connectivity index (χ1v) is 7.19. The van der Waals surface area contributed by atoms with E-state index in [4.69, 9.17) is 27.9 Å². The van der Waals surface area contributed by atoms with Gasteiger partial charge in [0.1, 0.15) is 17.2 Å². The minimum absolute atomic E-state index is 0.00530. The van der Waals surface area contributed by atoms with Crippen molar-refractivity contribution in [1.29, 1.82) is 0 Å². The second-order valence-corrected chi connectivity index (χ2v) is 6.05. The summed E-state index contributed by atoms with van der Waals surface area (Å²) >= 11 is 12.6. The molecule has 2 rings (SSSR count). The molecule has 0 fully saturated rings. The molecule has 0 heterocycles. The Bertz CT molecular complexity index is 593. The third-order valence-corrected chi connectivity index (χ3v) is 3.84. The Hall–Kier alpha value is -1.58. The molecule has 0 radical (unpaired) electrons. The summed E-state index contributed by atoms with van der Waals surface area (Å²) in [7, 11) is 0. The highest BCUT2D eigenvalue weighted by atomic mass is 35.5. The first-order valence-electron chi connectivity index (χ1n) is 6.44. The van der Waals surface area contributed by atoms with Crippen molar-refractivity contribution < 1.29 is 14.3 Å². The summed E-state index contributed by atoms with van der Waals surface area (Å²) in [6, 6.07) is 9.35. The highest BCUT2D eigenvalue weighted by molar-refractivity contribution is 6.33. The predicted molar refractivity (Wildman–Crippen MR) is 82.8 cm³/mol. The first kappa shape index (κ1) is 15.8. The van der Waals surface area contributed by atoms with Crippen molar-refractivity contribution >= 4 is 35.3 Å². The number of hydrogen-bond acceptors (Lipinski definition) is 3. The lowest BCUT2D eigenvalue weighted by Crippen LogP contribution is -2.29. The van der Waals surface area contributed by atoms with E-state index in [-0.39, 0.29) is 13.0 Å². The van der Waals surface area contributed by atoms with E-state index in [0.29, 0.717) is 23.3 Å². The fraction of sp³-hybridized carbons (Fsp3) is 0.250. The van der Waals surface area contributed by atoms with Crippen LogP contribution in [0.5, 0.6) is 5.75 Å². The minimum Gasteiger partial charge on any atom is -0.491 e. The van der Waals surface area contributed by atoms with Gasteiger partial charge in [-0.1, -0.05) is 42.0 Å². The largest absolute Gasteiger partial charge is 0.491 e. The van der Waals surface area contributed by atoms with E-state index in [1.54, 1.807) is 12.2 Å². The number of halogens is 2. The van der Waals surface area contributed by atoms with E-state index in [0.717, 1.165) is 5.75 Å². The molecule has 0 amide bonds. The molecule has 110 valence electrons. The molecule has 0 bridgehead atoms. The molecule has 5 heteroatoms. The zero-order valence-corrected chi connectivity index (χ0v) is 12.7. The number of allylic oxidation sites excluding steroid dienone is 3. The predicted octanol–water partition coefficient (Wildman–Crippen LogP) is 3.65. The quantitative estimate of drug-likeness (QED) is 0.455. The lowest BCUT2D eigenvalue weighted by Gasteiger charge is -2.27. The molecule has 1 atom stereocenters. The molecule has 0 aliphatic heterocycles. The van der Waals surface area contributed by atoms with Crippen molar-refractivity contribution in [3.63, 3.8) is 0 Å². The fourth-order valence-corrected chi connectivity index (χ4v) is 2.66. The van der Waals surface area contributed by atoms with Gasteiger partial charge >= 0.3 is 0 Å². The normalized spacial score (nSPS) is 21.2. The van der Waals surface area contributed by atoms with Gasteiger partial charge in [-0.3, -0.25) is 9.59 Å². The zero-order valence-electron chi connectivity index (χ0n) is 11.2. The number of aldehydes is 1. The van der Waals surface area contributed by atoms with E-state index in [9.17, 15) is 9.59 Å². The molecule has 1 aromatic rings. The monoisotopic (exact) mass is 324 g/mol. The van der Waals surface area contributed by atoms with Crippen LogP contribution >= 0.6 is 23.2 Å². The summed E-state index contributed by atoms with van der Waals surface area (Å²) in [5, 5.41) is 0.486. The summed E-state index contributed by atoms with van der Waals surface area (Å²) in [4.78, 5) is 20.8. The number of carbonyl (C=O) groups is 2. The molecule has 0 saturated heterocycles. The van der Waals surface area contributed by atoms with Crippen LogP contribution in [0.15, 0.2) is 53.1 Å². The lowest BCUT2D eigenvalue weighted by molar-refractivity contribution is -0.129. The van der Waals surface area contributed by atoms with Crippen LogP contribution in [0.25, 0.3) is 0 Å². The number of benzene rings is 1. The van der Waals surface area contributed by atoms with Crippen molar-refractivity contribution in [3.8, 4) is 5.75 Å². The topological polar surface area (TPSA) is 43.4 Å². The average Bonchev–Trinajstić information content (AvgIpc) is 2.49. The molecular weight excluding hydrogens is 311 g/mol. The molecule has 0 aromatic heterocycles. The highest BCUT2D eigenvalue weighted by Gasteiger charge is 2.30. The van der Waals surface area contributed by atoms with Crippen LogP contribution in [0.1, 0.15) is 12.8 Å². The van der Waals surface area contributed by atoms with Gasteiger partial charge in [0.15, 0.2) is 12.1 Å². The summed E-state index contributed by atoms with van der Waals surface area (Å²) in [5.74, 6) is 0.225. The molecule has 3 nitrogen and oxygen atoms in total. The third kappa shape index (κ3) is 4.45. The van der Waals surface area contributed by atoms with Gasteiger partial charge in [0, 0.05) is 17.9 Å². The molecule has 1 aliphatic rings. The van der Waals surface area contributed by atoms with Crippen molar-refractivity contribution in [2.24, 2.45) is 0 Å². The molecule has 21 heavy (non-hydrogen) atoms. The first-order chi connectivity index (χ1) is 10.0. The van der Waals surface area contributed by atoms with Gasteiger partial charge in [0.2, 0.25) is 0 Å². The van der Waals surface area contributed by atoms with Gasteiger partial charge < -0.3 is 4.74 Å². The van der Waals surface area contributed by atoms with Gasteiger partial charge in [0.05, 0.1) is 0 Å².